The molecule has 100 valence electrons. The molecule has 0 bridgehead atoms. The minimum atomic E-state index is -0.0374. The Labute approximate surface area is 116 Å². The average molecular weight is 275 g/mol. The number of rotatable bonds is 5. The van der Waals surface area contributed by atoms with E-state index in [9.17, 15) is 4.79 Å². The number of hydrogen-bond acceptors (Lipinski definition) is 4. The highest BCUT2D eigenvalue weighted by atomic mass is 32.1. The van der Waals surface area contributed by atoms with Gasteiger partial charge < -0.3 is 10.6 Å². The van der Waals surface area contributed by atoms with Crippen LogP contribution >= 0.6 is 11.3 Å². The summed E-state index contributed by atoms with van der Waals surface area (Å²) in [5.41, 5.74) is 2.71. The molecule has 2 N–H and O–H groups in total. The summed E-state index contributed by atoms with van der Waals surface area (Å²) in [7, 11) is 0. The highest BCUT2D eigenvalue weighted by Crippen LogP contribution is 2.13. The molecule has 0 atom stereocenters. The fourth-order valence-electron chi connectivity index (χ4n) is 1.66. The molecule has 1 aromatic carbocycles. The van der Waals surface area contributed by atoms with Gasteiger partial charge in [0, 0.05) is 28.9 Å². The Morgan fingerprint density at radius 1 is 1.32 bits per heavy atom. The second kappa shape index (κ2) is 6.33. The fraction of sp³-hybridized carbons (Fsp3) is 0.286. The van der Waals surface area contributed by atoms with Crippen molar-refractivity contribution < 1.29 is 4.79 Å². The van der Waals surface area contributed by atoms with Crippen molar-refractivity contribution in [3.8, 4) is 0 Å². The summed E-state index contributed by atoms with van der Waals surface area (Å²) in [5.74, 6) is -0.0374. The van der Waals surface area contributed by atoms with Crippen LogP contribution in [0.2, 0.25) is 0 Å². The van der Waals surface area contributed by atoms with Crippen molar-refractivity contribution >= 4 is 22.9 Å². The third kappa shape index (κ3) is 3.79. The Balaban J connectivity index is 1.93. The van der Waals surface area contributed by atoms with Crippen molar-refractivity contribution in [2.24, 2.45) is 0 Å². The molecule has 0 fully saturated rings. The fourth-order valence-corrected chi connectivity index (χ4v) is 2.38. The zero-order valence-corrected chi connectivity index (χ0v) is 11.9. The minimum absolute atomic E-state index is 0.0374. The summed E-state index contributed by atoms with van der Waals surface area (Å²) in [6.45, 7) is 5.24. The molecule has 0 aliphatic carbocycles. The van der Waals surface area contributed by atoms with Gasteiger partial charge in [-0.25, -0.2) is 4.98 Å². The second-order valence-electron chi connectivity index (χ2n) is 4.17. The van der Waals surface area contributed by atoms with Crippen LogP contribution < -0.4 is 10.6 Å². The second-order valence-corrected chi connectivity index (χ2v) is 5.12. The van der Waals surface area contributed by atoms with Gasteiger partial charge in [-0.15, -0.1) is 11.3 Å². The van der Waals surface area contributed by atoms with Crippen LogP contribution in [0.5, 0.6) is 0 Å². The van der Waals surface area contributed by atoms with Crippen LogP contribution in [0.4, 0.5) is 5.69 Å². The predicted octanol–water partition coefficient (Wildman–Crippen LogP) is 2.81. The topological polar surface area (TPSA) is 54.0 Å². The Bertz CT molecular complexity index is 548. The molecule has 0 unspecified atom stereocenters. The quantitative estimate of drug-likeness (QED) is 0.882. The standard InChI is InChI=1S/C14H17N3OS/c1-3-15-14(18)11-4-6-12(7-5-11)16-8-13-17-10(2)9-19-13/h4-7,9,16H,3,8H2,1-2H3,(H,15,18). The number of benzene rings is 1. The van der Waals surface area contributed by atoms with E-state index >= 15 is 0 Å². The Kier molecular flexibility index (Phi) is 4.52. The molecule has 2 aromatic rings. The van der Waals surface area contributed by atoms with Gasteiger partial charge in [0.25, 0.3) is 5.91 Å². The molecule has 0 aliphatic rings. The minimum Gasteiger partial charge on any atom is -0.379 e. The molecule has 0 aliphatic heterocycles. The Morgan fingerprint density at radius 2 is 2.05 bits per heavy atom. The lowest BCUT2D eigenvalue weighted by Gasteiger charge is -2.06. The molecule has 4 nitrogen and oxygen atoms in total. The number of hydrogen-bond donors (Lipinski definition) is 2. The lowest BCUT2D eigenvalue weighted by Crippen LogP contribution is -2.22. The summed E-state index contributed by atoms with van der Waals surface area (Å²) in [5, 5.41) is 9.16. The third-order valence-corrected chi connectivity index (χ3v) is 3.56. The first-order valence-corrected chi connectivity index (χ1v) is 7.10. The van der Waals surface area contributed by atoms with Gasteiger partial charge in [-0.3, -0.25) is 4.79 Å². The largest absolute Gasteiger partial charge is 0.379 e. The van der Waals surface area contributed by atoms with Crippen molar-refractivity contribution in [1.82, 2.24) is 10.3 Å². The summed E-state index contributed by atoms with van der Waals surface area (Å²) in [4.78, 5) is 16.0. The molecule has 0 radical (unpaired) electrons. The first-order chi connectivity index (χ1) is 9.19. The maximum Gasteiger partial charge on any atom is 0.251 e. The van der Waals surface area contributed by atoms with Crippen LogP contribution in [0.15, 0.2) is 29.6 Å². The van der Waals surface area contributed by atoms with Crippen LogP contribution in [0, 0.1) is 6.92 Å². The van der Waals surface area contributed by atoms with Crippen LogP contribution in [-0.2, 0) is 6.54 Å². The maximum absolute atomic E-state index is 11.6. The van der Waals surface area contributed by atoms with Gasteiger partial charge >= 0.3 is 0 Å². The van der Waals surface area contributed by atoms with Crippen LogP contribution in [-0.4, -0.2) is 17.4 Å². The number of nitrogens with one attached hydrogen (secondary N) is 2. The molecule has 5 heteroatoms. The first-order valence-electron chi connectivity index (χ1n) is 6.22. The van der Waals surface area contributed by atoms with E-state index in [2.05, 4.69) is 15.6 Å². The molecular weight excluding hydrogens is 258 g/mol. The maximum atomic E-state index is 11.6. The number of aryl methyl sites for hydroxylation is 1. The van der Waals surface area contributed by atoms with E-state index in [1.165, 1.54) is 0 Å². The van der Waals surface area contributed by atoms with E-state index in [0.29, 0.717) is 18.7 Å². The number of aromatic nitrogens is 1. The number of carbonyl (C=O) groups excluding carboxylic acids is 1. The highest BCUT2D eigenvalue weighted by Gasteiger charge is 2.03. The number of thiazole rings is 1. The van der Waals surface area contributed by atoms with Crippen LogP contribution in [0.1, 0.15) is 28.0 Å². The van der Waals surface area contributed by atoms with Crippen molar-refractivity contribution in [2.75, 3.05) is 11.9 Å². The number of carbonyl (C=O) groups is 1. The first kappa shape index (κ1) is 13.5. The van der Waals surface area contributed by atoms with Gasteiger partial charge in [-0.1, -0.05) is 0 Å². The van der Waals surface area contributed by atoms with Gasteiger partial charge in [0.2, 0.25) is 0 Å². The molecule has 0 saturated carbocycles. The van der Waals surface area contributed by atoms with E-state index in [1.54, 1.807) is 11.3 Å². The highest BCUT2D eigenvalue weighted by molar-refractivity contribution is 7.09. The van der Waals surface area contributed by atoms with E-state index in [4.69, 9.17) is 0 Å². The Hall–Kier alpha value is -1.88. The van der Waals surface area contributed by atoms with Gasteiger partial charge in [-0.05, 0) is 38.1 Å². The normalized spacial score (nSPS) is 10.2. The SMILES string of the molecule is CCNC(=O)c1ccc(NCc2nc(C)cs2)cc1. The summed E-state index contributed by atoms with van der Waals surface area (Å²) in [6.07, 6.45) is 0. The molecule has 0 saturated heterocycles. The van der Waals surface area contributed by atoms with Crippen LogP contribution in [0.3, 0.4) is 0 Å². The zero-order valence-electron chi connectivity index (χ0n) is 11.1. The monoisotopic (exact) mass is 275 g/mol. The van der Waals surface area contributed by atoms with Crippen molar-refractivity contribution in [2.45, 2.75) is 20.4 Å². The molecule has 1 heterocycles. The van der Waals surface area contributed by atoms with Gasteiger partial charge in [0.1, 0.15) is 5.01 Å². The smallest absolute Gasteiger partial charge is 0.251 e. The number of amides is 1. The summed E-state index contributed by atoms with van der Waals surface area (Å²) >= 11 is 1.65. The van der Waals surface area contributed by atoms with Crippen molar-refractivity contribution in [3.63, 3.8) is 0 Å². The van der Waals surface area contributed by atoms with Gasteiger partial charge in [-0.2, -0.15) is 0 Å². The predicted molar refractivity (Wildman–Crippen MR) is 78.6 cm³/mol. The molecule has 1 aromatic heterocycles. The van der Waals surface area contributed by atoms with Crippen molar-refractivity contribution in [1.29, 1.82) is 0 Å². The van der Waals surface area contributed by atoms with E-state index in [0.717, 1.165) is 16.4 Å². The van der Waals surface area contributed by atoms with E-state index < -0.39 is 0 Å². The van der Waals surface area contributed by atoms with Gasteiger partial charge in [0.15, 0.2) is 0 Å². The number of anilines is 1. The third-order valence-electron chi connectivity index (χ3n) is 2.59. The molecule has 1 amide bonds. The molecule has 19 heavy (non-hydrogen) atoms. The average Bonchev–Trinajstić information content (AvgIpc) is 2.83. The molecule has 2 rings (SSSR count). The Morgan fingerprint density at radius 3 is 2.63 bits per heavy atom. The summed E-state index contributed by atoms with van der Waals surface area (Å²) in [6, 6.07) is 7.46. The number of nitrogens with zero attached hydrogens (tertiary/aromatic N) is 1. The van der Waals surface area contributed by atoms with Crippen molar-refractivity contribution in [3.05, 3.63) is 45.9 Å². The molecular formula is C14H17N3OS. The van der Waals surface area contributed by atoms with E-state index in [1.807, 2.05) is 43.5 Å². The lowest BCUT2D eigenvalue weighted by molar-refractivity contribution is 0.0956. The summed E-state index contributed by atoms with van der Waals surface area (Å²) < 4.78 is 0. The van der Waals surface area contributed by atoms with Gasteiger partial charge in [0.05, 0.1) is 6.54 Å². The molecule has 0 spiro atoms. The zero-order chi connectivity index (χ0) is 13.7. The van der Waals surface area contributed by atoms with E-state index in [-0.39, 0.29) is 5.91 Å². The van der Waals surface area contributed by atoms with Crippen LogP contribution in [0.25, 0.3) is 0 Å². The lowest BCUT2D eigenvalue weighted by atomic mass is 10.2.